The number of likely N-dealkylation sites (N-methyl/N-ethyl adjacent to an activating group) is 1. The number of carbonyl (C=O) groups is 1. The fraction of sp³-hybridized carbons (Fsp3) is 0.875. The number of hydrogen-bond donors (Lipinski definition) is 1. The Hall–Kier alpha value is -0.370. The first kappa shape index (κ1) is 7.73. The molecule has 0 unspecified atom stereocenters. The van der Waals surface area contributed by atoms with E-state index in [4.69, 9.17) is 0 Å². The van der Waals surface area contributed by atoms with Crippen LogP contribution >= 0.6 is 0 Å². The predicted molar refractivity (Wildman–Crippen MR) is 40.9 cm³/mol. The van der Waals surface area contributed by atoms with E-state index in [0.29, 0.717) is 12.2 Å². The third-order valence-corrected chi connectivity index (χ3v) is 2.12. The van der Waals surface area contributed by atoms with E-state index in [0.717, 1.165) is 19.4 Å². The molecular weight excluding hydrogens is 126 g/mol. The van der Waals surface area contributed by atoms with Crippen molar-refractivity contribution in [2.75, 3.05) is 6.54 Å². The molecule has 0 aromatic heterocycles. The average molecular weight is 141 g/mol. The molecule has 1 N–H and O–H groups in total. The largest absolute Gasteiger partial charge is 0.305 e. The Labute approximate surface area is 62.0 Å². The minimum Gasteiger partial charge on any atom is -0.305 e. The van der Waals surface area contributed by atoms with Gasteiger partial charge in [0.15, 0.2) is 5.78 Å². The summed E-state index contributed by atoms with van der Waals surface area (Å²) in [5, 5.41) is 3.23. The van der Waals surface area contributed by atoms with Gasteiger partial charge in [-0.25, -0.2) is 0 Å². The van der Waals surface area contributed by atoms with Crippen LogP contribution in [-0.2, 0) is 4.79 Å². The van der Waals surface area contributed by atoms with Gasteiger partial charge in [0.1, 0.15) is 0 Å². The maximum absolute atomic E-state index is 11.2. The molecule has 0 aromatic rings. The first-order valence-corrected chi connectivity index (χ1v) is 4.03. The highest BCUT2D eigenvalue weighted by Gasteiger charge is 2.47. The van der Waals surface area contributed by atoms with Crippen LogP contribution in [-0.4, -0.2) is 17.9 Å². The Morgan fingerprint density at radius 3 is 2.40 bits per heavy atom. The fourth-order valence-corrected chi connectivity index (χ4v) is 1.36. The SMILES string of the molecule is CCNC1(C(=O)CC)CC1. The van der Waals surface area contributed by atoms with Crippen molar-refractivity contribution in [2.24, 2.45) is 0 Å². The summed E-state index contributed by atoms with van der Waals surface area (Å²) in [6.45, 7) is 4.88. The van der Waals surface area contributed by atoms with Gasteiger partial charge in [0, 0.05) is 6.42 Å². The van der Waals surface area contributed by atoms with Crippen LogP contribution in [0.5, 0.6) is 0 Å². The summed E-state index contributed by atoms with van der Waals surface area (Å²) in [4.78, 5) is 11.2. The smallest absolute Gasteiger partial charge is 0.152 e. The molecule has 0 amide bonds. The maximum Gasteiger partial charge on any atom is 0.152 e. The zero-order valence-electron chi connectivity index (χ0n) is 6.74. The standard InChI is InChI=1S/C8H15NO/c1-3-7(10)8(5-6-8)9-4-2/h9H,3-6H2,1-2H3. The average Bonchev–Trinajstić information content (AvgIpc) is 2.69. The van der Waals surface area contributed by atoms with Gasteiger partial charge in [-0.3, -0.25) is 4.79 Å². The van der Waals surface area contributed by atoms with Crippen LogP contribution in [0.25, 0.3) is 0 Å². The van der Waals surface area contributed by atoms with E-state index >= 15 is 0 Å². The van der Waals surface area contributed by atoms with E-state index in [9.17, 15) is 4.79 Å². The lowest BCUT2D eigenvalue weighted by molar-refractivity contribution is -0.121. The molecule has 0 spiro atoms. The van der Waals surface area contributed by atoms with E-state index in [1.807, 2.05) is 13.8 Å². The molecule has 1 rings (SSSR count). The molecule has 0 radical (unpaired) electrons. The zero-order chi connectivity index (χ0) is 7.61. The third kappa shape index (κ3) is 1.21. The highest BCUT2D eigenvalue weighted by Crippen LogP contribution is 2.36. The van der Waals surface area contributed by atoms with Crippen LogP contribution in [0.15, 0.2) is 0 Å². The van der Waals surface area contributed by atoms with E-state index in [2.05, 4.69) is 5.32 Å². The van der Waals surface area contributed by atoms with Gasteiger partial charge in [0.25, 0.3) is 0 Å². The van der Waals surface area contributed by atoms with Gasteiger partial charge < -0.3 is 5.32 Å². The van der Waals surface area contributed by atoms with Gasteiger partial charge in [-0.1, -0.05) is 13.8 Å². The minimum absolute atomic E-state index is 0.0799. The number of carbonyl (C=O) groups excluding carboxylic acids is 1. The van der Waals surface area contributed by atoms with Crippen LogP contribution in [0.1, 0.15) is 33.1 Å². The molecule has 0 atom stereocenters. The second-order valence-electron chi connectivity index (χ2n) is 2.89. The molecule has 0 aromatic carbocycles. The Bertz CT molecular complexity index is 138. The lowest BCUT2D eigenvalue weighted by Gasteiger charge is -2.12. The van der Waals surface area contributed by atoms with Gasteiger partial charge in [0.05, 0.1) is 5.54 Å². The minimum atomic E-state index is -0.0799. The summed E-state index contributed by atoms with van der Waals surface area (Å²) in [5.74, 6) is 0.384. The topological polar surface area (TPSA) is 29.1 Å². The molecule has 1 aliphatic carbocycles. The van der Waals surface area contributed by atoms with Crippen LogP contribution in [0.2, 0.25) is 0 Å². The van der Waals surface area contributed by atoms with Gasteiger partial charge in [0.2, 0.25) is 0 Å². The van der Waals surface area contributed by atoms with E-state index < -0.39 is 0 Å². The van der Waals surface area contributed by atoms with Crippen molar-refractivity contribution in [3.05, 3.63) is 0 Å². The van der Waals surface area contributed by atoms with Gasteiger partial charge in [-0.2, -0.15) is 0 Å². The predicted octanol–water partition coefficient (Wildman–Crippen LogP) is 1.11. The first-order chi connectivity index (χ1) is 4.75. The normalized spacial score (nSPS) is 20.6. The number of hydrogen-bond acceptors (Lipinski definition) is 2. The highest BCUT2D eigenvalue weighted by molar-refractivity contribution is 5.91. The molecule has 2 heteroatoms. The van der Waals surface area contributed by atoms with E-state index in [-0.39, 0.29) is 5.54 Å². The van der Waals surface area contributed by atoms with Crippen molar-refractivity contribution in [2.45, 2.75) is 38.6 Å². The Balaban J connectivity index is 2.43. The summed E-state index contributed by atoms with van der Waals surface area (Å²) in [6.07, 6.45) is 2.77. The van der Waals surface area contributed by atoms with E-state index in [1.54, 1.807) is 0 Å². The summed E-state index contributed by atoms with van der Waals surface area (Å²) in [5.41, 5.74) is -0.0799. The molecule has 10 heavy (non-hydrogen) atoms. The monoisotopic (exact) mass is 141 g/mol. The summed E-state index contributed by atoms with van der Waals surface area (Å²) < 4.78 is 0. The van der Waals surface area contributed by atoms with Crippen molar-refractivity contribution in [3.8, 4) is 0 Å². The van der Waals surface area contributed by atoms with Gasteiger partial charge in [-0.05, 0) is 19.4 Å². The number of nitrogens with one attached hydrogen (secondary N) is 1. The Morgan fingerprint density at radius 1 is 1.50 bits per heavy atom. The van der Waals surface area contributed by atoms with Crippen molar-refractivity contribution < 1.29 is 4.79 Å². The van der Waals surface area contributed by atoms with Crippen LogP contribution in [0.3, 0.4) is 0 Å². The lowest BCUT2D eigenvalue weighted by atomic mass is 10.1. The van der Waals surface area contributed by atoms with Gasteiger partial charge >= 0.3 is 0 Å². The second kappa shape index (κ2) is 2.70. The van der Waals surface area contributed by atoms with E-state index in [1.165, 1.54) is 0 Å². The summed E-state index contributed by atoms with van der Waals surface area (Å²) in [6, 6.07) is 0. The zero-order valence-corrected chi connectivity index (χ0v) is 6.74. The van der Waals surface area contributed by atoms with Crippen LogP contribution < -0.4 is 5.32 Å². The van der Waals surface area contributed by atoms with Crippen molar-refractivity contribution >= 4 is 5.78 Å². The molecule has 2 nitrogen and oxygen atoms in total. The summed E-state index contributed by atoms with van der Waals surface area (Å²) >= 11 is 0. The molecule has 1 aliphatic rings. The molecule has 0 aliphatic heterocycles. The van der Waals surface area contributed by atoms with Gasteiger partial charge in [-0.15, -0.1) is 0 Å². The summed E-state index contributed by atoms with van der Waals surface area (Å²) in [7, 11) is 0. The Kier molecular flexibility index (Phi) is 2.09. The second-order valence-corrected chi connectivity index (χ2v) is 2.89. The maximum atomic E-state index is 11.2. The molecule has 0 bridgehead atoms. The number of ketones is 1. The molecule has 0 saturated heterocycles. The number of Topliss-reactive ketones (excluding diaryl/α,β-unsaturated/α-hetero) is 1. The van der Waals surface area contributed by atoms with Crippen molar-refractivity contribution in [3.63, 3.8) is 0 Å². The molecule has 58 valence electrons. The van der Waals surface area contributed by atoms with Crippen LogP contribution in [0.4, 0.5) is 0 Å². The van der Waals surface area contributed by atoms with Crippen molar-refractivity contribution in [1.29, 1.82) is 0 Å². The lowest BCUT2D eigenvalue weighted by Crippen LogP contribution is -2.38. The fourth-order valence-electron chi connectivity index (χ4n) is 1.36. The van der Waals surface area contributed by atoms with Crippen LogP contribution in [0, 0.1) is 0 Å². The van der Waals surface area contributed by atoms with Crippen molar-refractivity contribution in [1.82, 2.24) is 5.32 Å². The highest BCUT2D eigenvalue weighted by atomic mass is 16.1. The third-order valence-electron chi connectivity index (χ3n) is 2.12. The molecule has 1 saturated carbocycles. The quantitative estimate of drug-likeness (QED) is 0.635. The molecule has 0 heterocycles. The first-order valence-electron chi connectivity index (χ1n) is 4.03. The number of rotatable bonds is 4. The Morgan fingerprint density at radius 2 is 2.10 bits per heavy atom. The molecule has 1 fully saturated rings. The molecular formula is C8H15NO.